The van der Waals surface area contributed by atoms with Gasteiger partial charge in [0.05, 0.1) is 16.6 Å². The second-order valence-corrected chi connectivity index (χ2v) is 8.77. The summed E-state index contributed by atoms with van der Waals surface area (Å²) in [4.78, 5) is 21.4. The number of aromatic nitrogens is 2. The van der Waals surface area contributed by atoms with Crippen LogP contribution in [0, 0.1) is 17.1 Å². The summed E-state index contributed by atoms with van der Waals surface area (Å²) in [5.74, 6) is -1.47. The van der Waals surface area contributed by atoms with E-state index in [9.17, 15) is 27.3 Å². The zero-order chi connectivity index (χ0) is 23.8. The minimum atomic E-state index is -4.18. The van der Waals surface area contributed by atoms with Crippen molar-refractivity contribution in [2.75, 3.05) is 24.9 Å². The first-order valence-electron chi connectivity index (χ1n) is 9.62. The largest absolute Gasteiger partial charge is 0.453 e. The summed E-state index contributed by atoms with van der Waals surface area (Å²) in [6.45, 7) is -0.334. The molecule has 33 heavy (non-hydrogen) atoms. The molecule has 0 saturated carbocycles. The van der Waals surface area contributed by atoms with Gasteiger partial charge in [-0.25, -0.2) is 13.8 Å². The number of benzene rings is 2. The monoisotopic (exact) mass is 477 g/mol. The number of rotatable bonds is 6. The average Bonchev–Trinajstić information content (AvgIpc) is 3.24. The molecule has 1 N–H and O–H groups in total. The molecule has 0 spiro atoms. The lowest BCUT2D eigenvalue weighted by Gasteiger charge is -2.18. The number of halogens is 2. The van der Waals surface area contributed by atoms with E-state index in [-0.39, 0.29) is 36.3 Å². The van der Waals surface area contributed by atoms with Crippen molar-refractivity contribution in [1.82, 2.24) is 14.0 Å². The Labute approximate surface area is 186 Å². The minimum absolute atomic E-state index is 0.00507. The number of hydrogen-bond acceptors (Lipinski definition) is 7. The SMILES string of the molecule is COn1cnc2ccc(Oc3c(F)ccc(NS(=O)(=O)N4CCC(F)C4)c3C#N)cc2c1=O. The number of hydrogen-bond donors (Lipinski definition) is 1. The molecule has 1 aromatic heterocycles. The van der Waals surface area contributed by atoms with E-state index in [4.69, 9.17) is 9.57 Å². The molecule has 1 aliphatic heterocycles. The first kappa shape index (κ1) is 22.4. The highest BCUT2D eigenvalue weighted by Crippen LogP contribution is 2.34. The highest BCUT2D eigenvalue weighted by Gasteiger charge is 2.32. The van der Waals surface area contributed by atoms with Crippen LogP contribution in [0.25, 0.3) is 10.9 Å². The van der Waals surface area contributed by atoms with Gasteiger partial charge in [0.1, 0.15) is 37.0 Å². The van der Waals surface area contributed by atoms with Crippen molar-refractivity contribution in [3.8, 4) is 17.6 Å². The topological polar surface area (TPSA) is 127 Å². The van der Waals surface area contributed by atoms with Crippen molar-refractivity contribution >= 4 is 26.8 Å². The minimum Gasteiger partial charge on any atom is -0.453 e. The van der Waals surface area contributed by atoms with Gasteiger partial charge in [-0.15, -0.1) is 4.73 Å². The molecule has 0 aliphatic carbocycles. The van der Waals surface area contributed by atoms with Gasteiger partial charge in [0.25, 0.3) is 5.56 Å². The van der Waals surface area contributed by atoms with Crippen molar-refractivity contribution in [2.24, 2.45) is 0 Å². The van der Waals surface area contributed by atoms with Crippen LogP contribution in [-0.2, 0) is 10.2 Å². The van der Waals surface area contributed by atoms with Gasteiger partial charge in [0.2, 0.25) is 0 Å². The van der Waals surface area contributed by atoms with E-state index in [1.165, 1.54) is 31.6 Å². The Morgan fingerprint density at radius 1 is 1.30 bits per heavy atom. The summed E-state index contributed by atoms with van der Waals surface area (Å²) in [6, 6.07) is 7.90. The normalized spacial score (nSPS) is 16.5. The molecule has 172 valence electrons. The van der Waals surface area contributed by atoms with Crippen LogP contribution >= 0.6 is 0 Å². The first-order valence-corrected chi connectivity index (χ1v) is 11.1. The Morgan fingerprint density at radius 3 is 2.76 bits per heavy atom. The number of nitriles is 1. The Kier molecular flexibility index (Phi) is 5.88. The lowest BCUT2D eigenvalue weighted by atomic mass is 10.1. The van der Waals surface area contributed by atoms with Gasteiger partial charge in [-0.3, -0.25) is 9.52 Å². The van der Waals surface area contributed by atoms with E-state index in [2.05, 4.69) is 9.71 Å². The van der Waals surface area contributed by atoms with E-state index in [0.29, 0.717) is 5.52 Å². The third-order valence-corrected chi connectivity index (χ3v) is 6.50. The molecular weight excluding hydrogens is 460 g/mol. The van der Waals surface area contributed by atoms with Crippen molar-refractivity contribution in [2.45, 2.75) is 12.6 Å². The molecule has 1 unspecified atom stereocenters. The fourth-order valence-electron chi connectivity index (χ4n) is 3.36. The third kappa shape index (κ3) is 4.30. The van der Waals surface area contributed by atoms with E-state index in [0.717, 1.165) is 21.2 Å². The fourth-order valence-corrected chi connectivity index (χ4v) is 4.64. The van der Waals surface area contributed by atoms with Gasteiger partial charge in [-0.05, 0) is 36.8 Å². The van der Waals surface area contributed by atoms with Crippen LogP contribution in [-0.4, -0.2) is 48.8 Å². The zero-order valence-electron chi connectivity index (χ0n) is 17.2. The lowest BCUT2D eigenvalue weighted by Crippen LogP contribution is -2.34. The summed E-state index contributed by atoms with van der Waals surface area (Å²) in [5.41, 5.74) is -0.859. The Bertz CT molecular complexity index is 1440. The summed E-state index contributed by atoms with van der Waals surface area (Å²) in [7, 11) is -2.89. The molecule has 1 saturated heterocycles. The summed E-state index contributed by atoms with van der Waals surface area (Å²) >= 11 is 0. The molecular formula is C20H17F2N5O5S. The first-order chi connectivity index (χ1) is 15.7. The van der Waals surface area contributed by atoms with Crippen molar-refractivity contribution in [3.05, 3.63) is 58.4 Å². The second-order valence-electron chi connectivity index (χ2n) is 7.10. The van der Waals surface area contributed by atoms with E-state index in [1.54, 1.807) is 6.07 Å². The zero-order valence-corrected chi connectivity index (χ0v) is 18.0. The molecule has 3 aromatic rings. The summed E-state index contributed by atoms with van der Waals surface area (Å²) < 4.78 is 62.7. The molecule has 0 radical (unpaired) electrons. The summed E-state index contributed by atoms with van der Waals surface area (Å²) in [5, 5.41) is 9.72. The van der Waals surface area contributed by atoms with Gasteiger partial charge in [0, 0.05) is 13.1 Å². The highest BCUT2D eigenvalue weighted by molar-refractivity contribution is 7.90. The molecule has 13 heteroatoms. The third-order valence-electron chi connectivity index (χ3n) is 5.01. The molecule has 1 atom stereocenters. The number of nitrogens with one attached hydrogen (secondary N) is 1. The number of nitrogens with zero attached hydrogens (tertiary/aromatic N) is 4. The van der Waals surface area contributed by atoms with Crippen molar-refractivity contribution < 1.29 is 26.8 Å². The van der Waals surface area contributed by atoms with Gasteiger partial charge >= 0.3 is 10.2 Å². The van der Waals surface area contributed by atoms with Gasteiger partial charge in [-0.1, -0.05) is 0 Å². The molecule has 2 heterocycles. The van der Waals surface area contributed by atoms with Gasteiger partial charge in [0.15, 0.2) is 11.6 Å². The number of anilines is 1. The molecule has 2 aromatic carbocycles. The molecule has 10 nitrogen and oxygen atoms in total. The van der Waals surface area contributed by atoms with Crippen LogP contribution in [0.4, 0.5) is 14.5 Å². The van der Waals surface area contributed by atoms with E-state index >= 15 is 0 Å². The van der Waals surface area contributed by atoms with Crippen LogP contribution in [0.5, 0.6) is 11.5 Å². The molecule has 1 aliphatic rings. The van der Waals surface area contributed by atoms with Crippen LogP contribution in [0.3, 0.4) is 0 Å². The van der Waals surface area contributed by atoms with Crippen LogP contribution in [0.1, 0.15) is 12.0 Å². The maximum absolute atomic E-state index is 14.6. The summed E-state index contributed by atoms with van der Waals surface area (Å²) in [6.07, 6.45) is -0.0281. The maximum Gasteiger partial charge on any atom is 0.301 e. The Balaban J connectivity index is 1.71. The quantitative estimate of drug-likeness (QED) is 0.575. The predicted molar refractivity (Wildman–Crippen MR) is 113 cm³/mol. The van der Waals surface area contributed by atoms with Gasteiger partial charge in [-0.2, -0.15) is 18.0 Å². The molecule has 1 fully saturated rings. The molecule has 4 rings (SSSR count). The van der Waals surface area contributed by atoms with E-state index < -0.39 is 39.1 Å². The number of fused-ring (bicyclic) bond motifs is 1. The van der Waals surface area contributed by atoms with Crippen LogP contribution < -0.4 is 19.9 Å². The molecule has 0 bridgehead atoms. The van der Waals surface area contributed by atoms with Crippen molar-refractivity contribution in [1.29, 1.82) is 5.26 Å². The fraction of sp³-hybridized carbons (Fsp3) is 0.250. The van der Waals surface area contributed by atoms with Crippen LogP contribution in [0.2, 0.25) is 0 Å². The van der Waals surface area contributed by atoms with Crippen molar-refractivity contribution in [3.63, 3.8) is 0 Å². The lowest BCUT2D eigenvalue weighted by molar-refractivity contribution is 0.155. The maximum atomic E-state index is 14.6. The highest BCUT2D eigenvalue weighted by atomic mass is 32.2. The Hall–Kier alpha value is -3.76. The molecule has 0 amide bonds. The number of alkyl halides is 1. The average molecular weight is 477 g/mol. The predicted octanol–water partition coefficient (Wildman–Crippen LogP) is 1.96. The van der Waals surface area contributed by atoms with E-state index in [1.807, 2.05) is 0 Å². The van der Waals surface area contributed by atoms with Gasteiger partial charge < -0.3 is 9.57 Å². The van der Waals surface area contributed by atoms with Crippen LogP contribution in [0.15, 0.2) is 41.5 Å². The Morgan fingerprint density at radius 2 is 2.09 bits per heavy atom. The smallest absolute Gasteiger partial charge is 0.301 e. The number of ether oxygens (including phenoxy) is 1. The standard InChI is InChI=1S/C20H17F2N5O5S/c1-31-27-11-24-17-4-2-13(8-14(17)20(27)28)32-19-15(9-23)18(5-3-16(19)22)25-33(29,30)26-7-6-12(21)10-26/h2-5,8,11-12,25H,6-7,10H2,1H3. The second kappa shape index (κ2) is 8.64.